The van der Waals surface area contributed by atoms with Gasteiger partial charge in [-0.25, -0.2) is 0 Å². The number of aromatic nitrogens is 2. The van der Waals surface area contributed by atoms with Gasteiger partial charge >= 0.3 is 0 Å². The summed E-state index contributed by atoms with van der Waals surface area (Å²) in [5.74, 6) is -4.38. The second-order valence-electron chi connectivity index (χ2n) is 15.6. The summed E-state index contributed by atoms with van der Waals surface area (Å²) in [6.45, 7) is 14.7. The number of carbonyl (C=O) groups excluding carboxylic acids is 2. The number of carbonyl (C=O) groups is 2. The lowest BCUT2D eigenvalue weighted by molar-refractivity contribution is -0.232. The lowest BCUT2D eigenvalue weighted by Crippen LogP contribution is -2.57. The van der Waals surface area contributed by atoms with Crippen molar-refractivity contribution in [2.45, 2.75) is 140 Å². The quantitative estimate of drug-likeness (QED) is 0.425. The summed E-state index contributed by atoms with van der Waals surface area (Å²) in [5.41, 5.74) is 0.897. The average molecular weight is 727 g/mol. The molecule has 2 aromatic rings. The first-order valence-electron chi connectivity index (χ1n) is 17.7. The summed E-state index contributed by atoms with van der Waals surface area (Å²) in [5, 5.41) is 5.92. The van der Waals surface area contributed by atoms with Crippen LogP contribution in [0, 0.1) is 0 Å². The maximum atomic E-state index is 13.8. The summed E-state index contributed by atoms with van der Waals surface area (Å²) in [6.07, 6.45) is -2.45. The zero-order valence-corrected chi connectivity index (χ0v) is 30.4. The molecule has 2 amide bonds. The number of rotatable bonds is 7. The molecule has 0 radical (unpaired) electrons. The van der Waals surface area contributed by atoms with Crippen LogP contribution in [0.1, 0.15) is 76.1 Å². The SMILES string of the molecule is CC1(C)O[C@H]2[C@@H](O1)[C@@H](CNC(=O)c1cccnc1-c1ncccc1C(=O)NC[C@H]1O[C@@H]3OC(C)(C)O[C@@H]3[C@H]3OC(C)(C)O[C@H]31)O[C@@H]1OC(C)(C)O[C@@H]12. The molecule has 6 saturated heterocycles. The predicted molar refractivity (Wildman–Crippen MR) is 177 cm³/mol. The number of nitrogens with one attached hydrogen (secondary N) is 2. The molecule has 282 valence electrons. The van der Waals surface area contributed by atoms with Crippen LogP contribution in [0.15, 0.2) is 36.7 Å². The van der Waals surface area contributed by atoms with E-state index in [9.17, 15) is 9.59 Å². The first-order chi connectivity index (χ1) is 24.5. The molecule has 0 unspecified atom stereocenters. The summed E-state index contributed by atoms with van der Waals surface area (Å²) >= 11 is 0. The number of fused-ring (bicyclic) bond motifs is 6. The largest absolute Gasteiger partial charge is 0.349 e. The van der Waals surface area contributed by atoms with E-state index in [0.717, 1.165) is 0 Å². The van der Waals surface area contributed by atoms with E-state index in [1.165, 1.54) is 0 Å². The van der Waals surface area contributed by atoms with Crippen molar-refractivity contribution in [3.05, 3.63) is 47.8 Å². The summed E-state index contributed by atoms with van der Waals surface area (Å²) in [7, 11) is 0. The molecule has 8 rings (SSSR count). The van der Waals surface area contributed by atoms with Crippen molar-refractivity contribution in [3.63, 3.8) is 0 Å². The maximum Gasteiger partial charge on any atom is 0.253 e. The van der Waals surface area contributed by atoms with Crippen LogP contribution in [0.5, 0.6) is 0 Å². The van der Waals surface area contributed by atoms with Gasteiger partial charge in [0.2, 0.25) is 0 Å². The van der Waals surface area contributed by atoms with Gasteiger partial charge in [-0.2, -0.15) is 0 Å². The van der Waals surface area contributed by atoms with E-state index >= 15 is 0 Å². The normalized spacial score (nSPS) is 37.4. The number of amides is 2. The number of hydrogen-bond donors (Lipinski definition) is 2. The molecule has 0 bridgehead atoms. The van der Waals surface area contributed by atoms with Gasteiger partial charge in [0.05, 0.1) is 11.1 Å². The topological polar surface area (TPSA) is 176 Å². The van der Waals surface area contributed by atoms with Gasteiger partial charge in [0, 0.05) is 25.5 Å². The van der Waals surface area contributed by atoms with Gasteiger partial charge in [-0.05, 0) is 79.7 Å². The van der Waals surface area contributed by atoms with Crippen LogP contribution in [0.25, 0.3) is 11.4 Å². The minimum atomic E-state index is -0.879. The van der Waals surface area contributed by atoms with Crippen LogP contribution in [-0.2, 0) is 47.4 Å². The van der Waals surface area contributed by atoms with Crippen molar-refractivity contribution >= 4 is 11.8 Å². The Labute approximate surface area is 301 Å². The van der Waals surface area contributed by atoms with Crippen molar-refractivity contribution < 1.29 is 57.0 Å². The van der Waals surface area contributed by atoms with E-state index in [2.05, 4.69) is 20.6 Å². The molecule has 6 aliphatic heterocycles. The number of nitrogens with zero attached hydrogens (tertiary/aromatic N) is 2. The van der Waals surface area contributed by atoms with Gasteiger partial charge in [0.15, 0.2) is 35.7 Å². The smallest absolute Gasteiger partial charge is 0.253 e. The summed E-state index contributed by atoms with van der Waals surface area (Å²) < 4.78 is 61.5. The number of hydrogen-bond acceptors (Lipinski definition) is 14. The van der Waals surface area contributed by atoms with Crippen molar-refractivity contribution in [1.29, 1.82) is 0 Å². The number of ether oxygens (including phenoxy) is 10. The Bertz CT molecular complexity index is 1600. The molecule has 0 saturated carbocycles. The Morgan fingerprint density at radius 3 is 1.29 bits per heavy atom. The molecular formula is C36H46N4O12. The Morgan fingerprint density at radius 1 is 0.538 bits per heavy atom. The lowest BCUT2D eigenvalue weighted by Gasteiger charge is -2.37. The van der Waals surface area contributed by atoms with Crippen LogP contribution in [0.3, 0.4) is 0 Å². The third-order valence-electron chi connectivity index (χ3n) is 9.76. The highest BCUT2D eigenvalue weighted by Crippen LogP contribution is 2.45. The molecule has 16 heteroatoms. The average Bonchev–Trinajstić information content (AvgIpc) is 3.78. The first-order valence-corrected chi connectivity index (χ1v) is 17.7. The van der Waals surface area contributed by atoms with Gasteiger partial charge in [0.25, 0.3) is 11.8 Å². The second-order valence-corrected chi connectivity index (χ2v) is 15.6. The molecule has 52 heavy (non-hydrogen) atoms. The van der Waals surface area contributed by atoms with Crippen molar-refractivity contribution in [2.75, 3.05) is 13.1 Å². The Morgan fingerprint density at radius 2 is 0.885 bits per heavy atom. The highest BCUT2D eigenvalue weighted by molar-refractivity contribution is 6.04. The zero-order valence-electron chi connectivity index (χ0n) is 30.4. The third-order valence-corrected chi connectivity index (χ3v) is 9.76. The fraction of sp³-hybridized carbons (Fsp3) is 0.667. The van der Waals surface area contributed by atoms with E-state index in [-0.39, 0.29) is 35.6 Å². The fourth-order valence-electron chi connectivity index (χ4n) is 7.85. The van der Waals surface area contributed by atoms with E-state index < -0.39 is 96.4 Å². The molecule has 16 nitrogen and oxygen atoms in total. The fourth-order valence-corrected chi connectivity index (χ4v) is 7.85. The Kier molecular flexibility index (Phi) is 8.77. The minimum Gasteiger partial charge on any atom is -0.349 e. The molecule has 0 aromatic carbocycles. The zero-order chi connectivity index (χ0) is 36.8. The van der Waals surface area contributed by atoms with Crippen LogP contribution in [0.4, 0.5) is 0 Å². The molecule has 6 aliphatic rings. The molecule has 2 N–H and O–H groups in total. The molecule has 2 aromatic heterocycles. The van der Waals surface area contributed by atoms with Gasteiger partial charge < -0.3 is 58.0 Å². The molecule has 0 spiro atoms. The highest BCUT2D eigenvalue weighted by atomic mass is 16.9. The van der Waals surface area contributed by atoms with Crippen LogP contribution < -0.4 is 10.6 Å². The maximum absolute atomic E-state index is 13.8. The molecule has 6 fully saturated rings. The molecule has 8 heterocycles. The number of pyridine rings is 2. The predicted octanol–water partition coefficient (Wildman–Crippen LogP) is 2.40. The van der Waals surface area contributed by atoms with Crippen LogP contribution in [0.2, 0.25) is 0 Å². The van der Waals surface area contributed by atoms with Gasteiger partial charge in [-0.15, -0.1) is 0 Å². The van der Waals surface area contributed by atoms with Crippen molar-refractivity contribution in [3.8, 4) is 11.4 Å². The molecular weight excluding hydrogens is 680 g/mol. The van der Waals surface area contributed by atoms with Crippen molar-refractivity contribution in [2.24, 2.45) is 0 Å². The monoisotopic (exact) mass is 726 g/mol. The van der Waals surface area contributed by atoms with E-state index in [4.69, 9.17) is 47.4 Å². The highest BCUT2D eigenvalue weighted by Gasteiger charge is 2.62. The van der Waals surface area contributed by atoms with Gasteiger partial charge in [-0.3, -0.25) is 19.6 Å². The molecule has 0 aliphatic carbocycles. The first kappa shape index (κ1) is 35.8. The Balaban J connectivity index is 0.970. The van der Waals surface area contributed by atoms with E-state index in [1.807, 2.05) is 55.4 Å². The van der Waals surface area contributed by atoms with E-state index in [1.54, 1.807) is 36.7 Å². The van der Waals surface area contributed by atoms with Crippen LogP contribution >= 0.6 is 0 Å². The van der Waals surface area contributed by atoms with Crippen molar-refractivity contribution in [1.82, 2.24) is 20.6 Å². The summed E-state index contributed by atoms with van der Waals surface area (Å²) in [6, 6.07) is 6.54. The van der Waals surface area contributed by atoms with Crippen LogP contribution in [-0.4, -0.2) is 119 Å². The van der Waals surface area contributed by atoms with Gasteiger partial charge in [-0.1, -0.05) is 0 Å². The standard InChI is InChI=1S/C36H46N4O12/c1-33(2)45-23-19(43-31-27(25(23)47-33)49-35(5,6)51-31)15-39-29(41)17-11-9-13-37-21(17)22-18(12-10-14-38-22)30(42)40-16-20-24-26(48-34(3,4)46-24)28-32(44-20)52-36(7,8)50-28/h9-14,19-20,23-28,31-32H,15-16H2,1-8H3,(H,39,41)(H,40,42)/t19-,20-,23+,24+,25+,26+,27-,28-,31-,32-/m1/s1. The third kappa shape index (κ3) is 6.74. The summed E-state index contributed by atoms with van der Waals surface area (Å²) in [4.78, 5) is 36.6. The minimum absolute atomic E-state index is 0.0796. The Hall–Kier alpha value is -3.16. The molecule has 10 atom stereocenters. The second kappa shape index (κ2) is 12.7. The van der Waals surface area contributed by atoms with E-state index in [0.29, 0.717) is 0 Å². The van der Waals surface area contributed by atoms with Gasteiger partial charge in [0.1, 0.15) is 60.2 Å². The lowest BCUT2D eigenvalue weighted by atomic mass is 9.98.